The summed E-state index contributed by atoms with van der Waals surface area (Å²) in [4.78, 5) is 32.9. The second-order valence-corrected chi connectivity index (χ2v) is 9.19. The van der Waals surface area contributed by atoms with E-state index >= 15 is 0 Å². The van der Waals surface area contributed by atoms with Crippen LogP contribution in [0.25, 0.3) is 11.0 Å². The molecule has 1 N–H and O–H groups in total. The first-order chi connectivity index (χ1) is 15.6. The Morgan fingerprint density at radius 1 is 1.06 bits per heavy atom. The first-order valence-electron chi connectivity index (χ1n) is 11.6. The molecular formula is C26H30N4O2. The molecule has 2 aromatic carbocycles. The lowest BCUT2D eigenvalue weighted by molar-refractivity contribution is -0.124. The van der Waals surface area contributed by atoms with Crippen LogP contribution in [0.4, 0.5) is 0 Å². The Kier molecular flexibility index (Phi) is 5.45. The topological polar surface area (TPSA) is 67.2 Å². The summed E-state index contributed by atoms with van der Waals surface area (Å²) in [6.07, 6.45) is 6.13. The summed E-state index contributed by atoms with van der Waals surface area (Å²) in [7, 11) is 2.01. The minimum Gasteiger partial charge on any atom is -0.356 e. The van der Waals surface area contributed by atoms with E-state index in [-0.39, 0.29) is 17.4 Å². The average molecular weight is 431 g/mol. The summed E-state index contributed by atoms with van der Waals surface area (Å²) in [5, 5.41) is 3.10. The number of carbonyl (C=O) groups is 2. The number of para-hydroxylation sites is 2. The molecule has 1 fully saturated rings. The third-order valence-electron chi connectivity index (χ3n) is 7.22. The molecule has 0 saturated heterocycles. The van der Waals surface area contributed by atoms with Crippen molar-refractivity contribution in [2.45, 2.75) is 57.0 Å². The number of nitrogens with zero attached hydrogens (tertiary/aromatic N) is 3. The average Bonchev–Trinajstić information content (AvgIpc) is 3.32. The number of nitrogens with one attached hydrogen (secondary N) is 1. The third-order valence-corrected chi connectivity index (χ3v) is 7.22. The Hall–Kier alpha value is -3.15. The molecule has 0 bridgehead atoms. The molecule has 0 unspecified atom stereocenters. The van der Waals surface area contributed by atoms with Crippen LogP contribution < -0.4 is 5.32 Å². The van der Waals surface area contributed by atoms with Gasteiger partial charge in [0, 0.05) is 38.5 Å². The van der Waals surface area contributed by atoms with Crippen LogP contribution in [0.15, 0.2) is 48.5 Å². The summed E-state index contributed by atoms with van der Waals surface area (Å²) in [6, 6.07) is 15.9. The molecule has 2 heterocycles. The molecule has 0 radical (unpaired) electrons. The lowest BCUT2D eigenvalue weighted by Crippen LogP contribution is -2.52. The van der Waals surface area contributed by atoms with Crippen LogP contribution in [0.5, 0.6) is 0 Å². The lowest BCUT2D eigenvalue weighted by atomic mass is 9.77. The van der Waals surface area contributed by atoms with Gasteiger partial charge in [0.2, 0.25) is 5.91 Å². The summed E-state index contributed by atoms with van der Waals surface area (Å²) in [5.74, 6) is 1.06. The number of imidazole rings is 1. The van der Waals surface area contributed by atoms with Gasteiger partial charge in [-0.05, 0) is 36.6 Å². The highest BCUT2D eigenvalue weighted by atomic mass is 16.2. The molecule has 2 aliphatic rings. The zero-order valence-electron chi connectivity index (χ0n) is 18.6. The fourth-order valence-electron chi connectivity index (χ4n) is 5.48. The van der Waals surface area contributed by atoms with Gasteiger partial charge in [0.05, 0.1) is 16.6 Å². The molecule has 3 aromatic rings. The first-order valence-corrected chi connectivity index (χ1v) is 11.6. The van der Waals surface area contributed by atoms with E-state index in [9.17, 15) is 9.59 Å². The largest absolute Gasteiger partial charge is 0.356 e. The van der Waals surface area contributed by atoms with Crippen molar-refractivity contribution in [2.75, 3.05) is 6.54 Å². The third kappa shape index (κ3) is 3.68. The maximum Gasteiger partial charge on any atom is 0.254 e. The molecule has 5 rings (SSSR count). The van der Waals surface area contributed by atoms with Crippen molar-refractivity contribution in [3.05, 3.63) is 65.5 Å². The normalized spacial score (nSPS) is 17.5. The van der Waals surface area contributed by atoms with E-state index in [4.69, 9.17) is 4.98 Å². The van der Waals surface area contributed by atoms with E-state index < -0.39 is 0 Å². The highest BCUT2D eigenvalue weighted by molar-refractivity contribution is 5.99. The monoisotopic (exact) mass is 430 g/mol. The van der Waals surface area contributed by atoms with Crippen molar-refractivity contribution in [1.29, 1.82) is 0 Å². The van der Waals surface area contributed by atoms with Crippen molar-refractivity contribution in [2.24, 2.45) is 7.05 Å². The Morgan fingerprint density at radius 3 is 2.59 bits per heavy atom. The standard InChI is InChI=1S/C26H30N4O2/c1-29-22-12-6-5-11-21(22)28-23(29)13-16-27-24(31)17-26(14-7-2-8-15-26)30-18-19-9-3-4-10-20(19)25(30)32/h3-6,9-12H,2,7-8,13-18H2,1H3,(H,27,31). The van der Waals surface area contributed by atoms with Crippen LogP contribution >= 0.6 is 0 Å². The second-order valence-electron chi connectivity index (χ2n) is 9.19. The predicted octanol–water partition coefficient (Wildman–Crippen LogP) is 3.98. The zero-order chi connectivity index (χ0) is 22.1. The van der Waals surface area contributed by atoms with Gasteiger partial charge in [-0.2, -0.15) is 0 Å². The maximum absolute atomic E-state index is 13.2. The second kappa shape index (κ2) is 8.41. The Labute approximate surface area is 188 Å². The number of rotatable bonds is 6. The molecule has 1 saturated carbocycles. The van der Waals surface area contributed by atoms with Crippen LogP contribution in [0.1, 0.15) is 60.3 Å². The quantitative estimate of drug-likeness (QED) is 0.643. The molecule has 0 atom stereocenters. The Morgan fingerprint density at radius 2 is 1.81 bits per heavy atom. The molecule has 0 spiro atoms. The van der Waals surface area contributed by atoms with E-state index in [1.54, 1.807) is 0 Å². The summed E-state index contributed by atoms with van der Waals surface area (Å²) in [5.41, 5.74) is 3.56. The van der Waals surface area contributed by atoms with Gasteiger partial charge >= 0.3 is 0 Å². The molecule has 6 heteroatoms. The molecule has 32 heavy (non-hydrogen) atoms. The first kappa shape index (κ1) is 20.7. The van der Waals surface area contributed by atoms with Crippen LogP contribution in [0.2, 0.25) is 0 Å². The number of hydrogen-bond donors (Lipinski definition) is 1. The fourth-order valence-corrected chi connectivity index (χ4v) is 5.48. The predicted molar refractivity (Wildman–Crippen MR) is 124 cm³/mol. The zero-order valence-corrected chi connectivity index (χ0v) is 18.6. The van der Waals surface area contributed by atoms with Gasteiger partial charge in [0.25, 0.3) is 5.91 Å². The molecule has 1 aliphatic carbocycles. The van der Waals surface area contributed by atoms with Crippen molar-refractivity contribution >= 4 is 22.8 Å². The van der Waals surface area contributed by atoms with Crippen LogP contribution in [-0.4, -0.2) is 38.3 Å². The molecular weight excluding hydrogens is 400 g/mol. The Balaban J connectivity index is 1.26. The number of benzene rings is 2. The highest BCUT2D eigenvalue weighted by Gasteiger charge is 2.45. The fraction of sp³-hybridized carbons (Fsp3) is 0.423. The molecule has 166 valence electrons. The van der Waals surface area contributed by atoms with Gasteiger partial charge in [-0.3, -0.25) is 9.59 Å². The van der Waals surface area contributed by atoms with Crippen molar-refractivity contribution in [3.8, 4) is 0 Å². The lowest BCUT2D eigenvalue weighted by Gasteiger charge is -2.44. The van der Waals surface area contributed by atoms with Gasteiger partial charge in [0.15, 0.2) is 0 Å². The number of hydrogen-bond acceptors (Lipinski definition) is 3. The van der Waals surface area contributed by atoms with Crippen LogP contribution in [0, 0.1) is 0 Å². The number of amides is 2. The molecule has 2 amide bonds. The van der Waals surface area contributed by atoms with E-state index in [2.05, 4.69) is 16.0 Å². The van der Waals surface area contributed by atoms with Gasteiger partial charge in [-0.25, -0.2) is 4.98 Å². The number of aromatic nitrogens is 2. The SMILES string of the molecule is Cn1c(CCNC(=O)CC2(N3Cc4ccccc4C3=O)CCCCC2)nc2ccccc21. The molecule has 6 nitrogen and oxygen atoms in total. The van der Waals surface area contributed by atoms with Crippen LogP contribution in [-0.2, 0) is 24.8 Å². The van der Waals surface area contributed by atoms with Crippen molar-refractivity contribution < 1.29 is 9.59 Å². The number of aryl methyl sites for hydroxylation is 1. The van der Waals surface area contributed by atoms with Crippen molar-refractivity contribution in [3.63, 3.8) is 0 Å². The Bertz CT molecular complexity index is 1160. The number of fused-ring (bicyclic) bond motifs is 2. The van der Waals surface area contributed by atoms with Crippen molar-refractivity contribution in [1.82, 2.24) is 19.8 Å². The van der Waals surface area contributed by atoms with Gasteiger partial charge in [-0.1, -0.05) is 49.6 Å². The van der Waals surface area contributed by atoms with E-state index in [0.29, 0.717) is 25.9 Å². The maximum atomic E-state index is 13.2. The summed E-state index contributed by atoms with van der Waals surface area (Å²) >= 11 is 0. The molecule has 1 aromatic heterocycles. The minimum absolute atomic E-state index is 0.0226. The van der Waals surface area contributed by atoms with Crippen LogP contribution in [0.3, 0.4) is 0 Å². The van der Waals surface area contributed by atoms with E-state index in [1.807, 2.05) is 54.4 Å². The smallest absolute Gasteiger partial charge is 0.254 e. The van der Waals surface area contributed by atoms with Gasteiger partial charge < -0.3 is 14.8 Å². The summed E-state index contributed by atoms with van der Waals surface area (Å²) < 4.78 is 2.09. The number of carbonyl (C=O) groups excluding carboxylic acids is 2. The highest BCUT2D eigenvalue weighted by Crippen LogP contribution is 2.41. The minimum atomic E-state index is -0.379. The van der Waals surface area contributed by atoms with E-state index in [1.165, 1.54) is 6.42 Å². The van der Waals surface area contributed by atoms with Gasteiger partial charge in [-0.15, -0.1) is 0 Å². The van der Waals surface area contributed by atoms with Gasteiger partial charge in [0.1, 0.15) is 5.82 Å². The summed E-state index contributed by atoms with van der Waals surface area (Å²) in [6.45, 7) is 1.16. The molecule has 1 aliphatic heterocycles. The van der Waals surface area contributed by atoms with E-state index in [0.717, 1.165) is 53.7 Å².